The van der Waals surface area contributed by atoms with Gasteiger partial charge in [-0.3, -0.25) is 4.79 Å². The summed E-state index contributed by atoms with van der Waals surface area (Å²) in [5.41, 5.74) is 2.04. The molecule has 142 valence electrons. The maximum atomic E-state index is 13.1. The smallest absolute Gasteiger partial charge is 0.319 e. The Balaban J connectivity index is 2.06. The predicted molar refractivity (Wildman–Crippen MR) is 106 cm³/mol. The molecule has 0 aromatic heterocycles. The standard InChI is InChI=1S/C21H25N3O3/c1-5-24(6-2)20(25)18-13(3)22-21(26)23-19(18)16-8-7-15-12-17(27-4)10-9-14(15)11-16/h7-12,19H,5-6H2,1-4H3,(H2,22,23,26)/t19-/m0/s1. The van der Waals surface area contributed by atoms with E-state index >= 15 is 0 Å². The van der Waals surface area contributed by atoms with Gasteiger partial charge in [0.15, 0.2) is 0 Å². The molecule has 0 radical (unpaired) electrons. The summed E-state index contributed by atoms with van der Waals surface area (Å²) in [6.45, 7) is 6.90. The quantitative estimate of drug-likeness (QED) is 0.851. The topological polar surface area (TPSA) is 70.7 Å². The number of carbonyl (C=O) groups excluding carboxylic acids is 2. The first kappa shape index (κ1) is 18.8. The van der Waals surface area contributed by atoms with Crippen molar-refractivity contribution in [3.63, 3.8) is 0 Å². The van der Waals surface area contributed by atoms with Crippen molar-refractivity contribution in [2.45, 2.75) is 26.8 Å². The van der Waals surface area contributed by atoms with Crippen molar-refractivity contribution in [3.05, 3.63) is 53.2 Å². The van der Waals surface area contributed by atoms with Crippen molar-refractivity contribution < 1.29 is 14.3 Å². The van der Waals surface area contributed by atoms with Gasteiger partial charge in [-0.05, 0) is 55.3 Å². The monoisotopic (exact) mass is 367 g/mol. The second-order valence-electron chi connectivity index (χ2n) is 6.52. The summed E-state index contributed by atoms with van der Waals surface area (Å²) in [6.07, 6.45) is 0. The highest BCUT2D eigenvalue weighted by Gasteiger charge is 2.32. The third kappa shape index (κ3) is 3.60. The van der Waals surface area contributed by atoms with Crippen LogP contribution in [0.3, 0.4) is 0 Å². The van der Waals surface area contributed by atoms with Gasteiger partial charge in [0.2, 0.25) is 0 Å². The molecule has 0 aliphatic carbocycles. The van der Waals surface area contributed by atoms with Crippen LogP contribution in [-0.2, 0) is 4.79 Å². The Bertz CT molecular complexity index is 916. The third-order valence-electron chi connectivity index (χ3n) is 4.96. The molecule has 1 aliphatic rings. The van der Waals surface area contributed by atoms with Crippen LogP contribution in [0.2, 0.25) is 0 Å². The molecule has 2 aromatic rings. The predicted octanol–water partition coefficient (Wildman–Crippen LogP) is 3.34. The van der Waals surface area contributed by atoms with Gasteiger partial charge in [0.25, 0.3) is 5.91 Å². The van der Waals surface area contributed by atoms with Crippen LogP contribution in [-0.4, -0.2) is 37.0 Å². The first-order chi connectivity index (χ1) is 13.0. The van der Waals surface area contributed by atoms with Crippen molar-refractivity contribution in [3.8, 4) is 5.75 Å². The Kier molecular flexibility index (Phi) is 5.35. The minimum absolute atomic E-state index is 0.0650. The van der Waals surface area contributed by atoms with Crippen LogP contribution < -0.4 is 15.4 Å². The van der Waals surface area contributed by atoms with Crippen LogP contribution in [0.1, 0.15) is 32.4 Å². The van der Waals surface area contributed by atoms with Crippen molar-refractivity contribution >= 4 is 22.7 Å². The number of benzene rings is 2. The highest BCUT2D eigenvalue weighted by molar-refractivity contribution is 5.99. The molecule has 0 fully saturated rings. The Morgan fingerprint density at radius 2 is 1.78 bits per heavy atom. The summed E-state index contributed by atoms with van der Waals surface area (Å²) in [6, 6.07) is 11.0. The summed E-state index contributed by atoms with van der Waals surface area (Å²) in [7, 11) is 1.64. The summed E-state index contributed by atoms with van der Waals surface area (Å²) >= 11 is 0. The van der Waals surface area contributed by atoms with Crippen LogP contribution in [0.4, 0.5) is 4.79 Å². The molecule has 0 unspecified atom stereocenters. The van der Waals surface area contributed by atoms with E-state index in [1.807, 2.05) is 50.2 Å². The second kappa shape index (κ2) is 7.70. The van der Waals surface area contributed by atoms with Gasteiger partial charge in [-0.1, -0.05) is 18.2 Å². The molecule has 1 aliphatic heterocycles. The van der Waals surface area contributed by atoms with Gasteiger partial charge < -0.3 is 20.3 Å². The summed E-state index contributed by atoms with van der Waals surface area (Å²) in [5.74, 6) is 0.725. The van der Waals surface area contributed by atoms with Gasteiger partial charge in [0.05, 0.1) is 18.7 Å². The fraction of sp³-hybridized carbons (Fsp3) is 0.333. The average Bonchev–Trinajstić information content (AvgIpc) is 2.67. The lowest BCUT2D eigenvalue weighted by molar-refractivity contribution is -0.127. The van der Waals surface area contributed by atoms with E-state index in [1.54, 1.807) is 18.9 Å². The number of rotatable bonds is 5. The lowest BCUT2D eigenvalue weighted by Gasteiger charge is -2.31. The number of hydrogen-bond donors (Lipinski definition) is 2. The molecule has 2 N–H and O–H groups in total. The van der Waals surface area contributed by atoms with E-state index in [-0.39, 0.29) is 11.9 Å². The number of hydrogen-bond acceptors (Lipinski definition) is 3. The number of likely N-dealkylation sites (N-methyl/N-ethyl adjacent to an activating group) is 1. The van der Waals surface area contributed by atoms with Gasteiger partial charge in [-0.15, -0.1) is 0 Å². The molecule has 0 spiro atoms. The van der Waals surface area contributed by atoms with E-state index in [0.717, 1.165) is 22.1 Å². The number of amides is 3. The largest absolute Gasteiger partial charge is 0.497 e. The maximum absolute atomic E-state index is 13.1. The number of ether oxygens (including phenoxy) is 1. The van der Waals surface area contributed by atoms with Crippen LogP contribution in [0.5, 0.6) is 5.75 Å². The van der Waals surface area contributed by atoms with E-state index in [4.69, 9.17) is 4.74 Å². The van der Waals surface area contributed by atoms with Crippen LogP contribution >= 0.6 is 0 Å². The molecule has 3 rings (SSSR count). The normalized spacial score (nSPS) is 16.7. The van der Waals surface area contributed by atoms with Crippen LogP contribution in [0.15, 0.2) is 47.7 Å². The number of fused-ring (bicyclic) bond motifs is 1. The molecule has 1 atom stereocenters. The lowest BCUT2D eigenvalue weighted by Crippen LogP contribution is -2.47. The van der Waals surface area contributed by atoms with E-state index < -0.39 is 6.04 Å². The van der Waals surface area contributed by atoms with Crippen molar-refractivity contribution in [1.29, 1.82) is 0 Å². The first-order valence-electron chi connectivity index (χ1n) is 9.13. The maximum Gasteiger partial charge on any atom is 0.319 e. The van der Waals surface area contributed by atoms with E-state index in [1.165, 1.54) is 0 Å². The average molecular weight is 367 g/mol. The Morgan fingerprint density at radius 1 is 1.11 bits per heavy atom. The number of urea groups is 1. The van der Waals surface area contributed by atoms with Gasteiger partial charge in [-0.2, -0.15) is 0 Å². The first-order valence-corrected chi connectivity index (χ1v) is 9.13. The fourth-order valence-electron chi connectivity index (χ4n) is 3.46. The molecule has 0 saturated heterocycles. The Hall–Kier alpha value is -3.02. The molecule has 0 saturated carbocycles. The number of nitrogens with zero attached hydrogens (tertiary/aromatic N) is 1. The summed E-state index contributed by atoms with van der Waals surface area (Å²) < 4.78 is 5.27. The number of methoxy groups -OCH3 is 1. The van der Waals surface area contributed by atoms with Crippen LogP contribution in [0.25, 0.3) is 10.8 Å². The van der Waals surface area contributed by atoms with E-state index in [2.05, 4.69) is 10.6 Å². The summed E-state index contributed by atoms with van der Waals surface area (Å²) in [5, 5.41) is 7.69. The molecule has 27 heavy (non-hydrogen) atoms. The van der Waals surface area contributed by atoms with Gasteiger partial charge in [0.1, 0.15) is 5.75 Å². The number of allylic oxidation sites excluding steroid dienone is 1. The molecule has 6 nitrogen and oxygen atoms in total. The number of carbonyl (C=O) groups is 2. The van der Waals surface area contributed by atoms with Crippen molar-refractivity contribution in [2.24, 2.45) is 0 Å². The highest BCUT2D eigenvalue weighted by atomic mass is 16.5. The third-order valence-corrected chi connectivity index (χ3v) is 4.96. The highest BCUT2D eigenvalue weighted by Crippen LogP contribution is 2.31. The van der Waals surface area contributed by atoms with Crippen molar-refractivity contribution in [1.82, 2.24) is 15.5 Å². The van der Waals surface area contributed by atoms with E-state index in [9.17, 15) is 9.59 Å². The van der Waals surface area contributed by atoms with Gasteiger partial charge in [0, 0.05) is 18.8 Å². The molecular formula is C21H25N3O3. The zero-order valence-electron chi connectivity index (χ0n) is 16.1. The lowest BCUT2D eigenvalue weighted by atomic mass is 9.92. The SMILES string of the molecule is CCN(CC)C(=O)C1=C(C)NC(=O)N[C@H]1c1ccc2cc(OC)ccc2c1. The van der Waals surface area contributed by atoms with Crippen molar-refractivity contribution in [2.75, 3.05) is 20.2 Å². The molecule has 2 aromatic carbocycles. The minimum Gasteiger partial charge on any atom is -0.497 e. The summed E-state index contributed by atoms with van der Waals surface area (Å²) in [4.78, 5) is 26.9. The Morgan fingerprint density at radius 3 is 2.44 bits per heavy atom. The Labute approximate surface area is 159 Å². The molecular weight excluding hydrogens is 342 g/mol. The fourth-order valence-corrected chi connectivity index (χ4v) is 3.46. The molecule has 0 bridgehead atoms. The minimum atomic E-state index is -0.488. The molecule has 6 heteroatoms. The van der Waals surface area contributed by atoms with E-state index in [0.29, 0.717) is 24.4 Å². The zero-order valence-corrected chi connectivity index (χ0v) is 16.1. The van der Waals surface area contributed by atoms with Gasteiger partial charge >= 0.3 is 6.03 Å². The van der Waals surface area contributed by atoms with Gasteiger partial charge in [-0.25, -0.2) is 4.79 Å². The zero-order chi connectivity index (χ0) is 19.6. The number of nitrogens with one attached hydrogen (secondary N) is 2. The second-order valence-corrected chi connectivity index (χ2v) is 6.52. The molecule has 1 heterocycles. The van der Waals surface area contributed by atoms with Crippen LogP contribution in [0, 0.1) is 0 Å². The molecule has 3 amide bonds.